The van der Waals surface area contributed by atoms with E-state index in [1.54, 1.807) is 0 Å². The zero-order valence-corrected chi connectivity index (χ0v) is 12.5. The lowest BCUT2D eigenvalue weighted by Crippen LogP contribution is -1.99. The third kappa shape index (κ3) is 3.26. The van der Waals surface area contributed by atoms with Crippen LogP contribution in [0.15, 0.2) is 66.9 Å². The van der Waals surface area contributed by atoms with E-state index in [1.807, 2.05) is 67.7 Å². The highest BCUT2D eigenvalue weighted by atomic mass is 16.5. The van der Waals surface area contributed by atoms with Crippen LogP contribution in [0.2, 0.25) is 0 Å². The molecule has 0 unspecified atom stereocenters. The minimum Gasteiger partial charge on any atom is -0.487 e. The molecule has 1 heterocycles. The minimum atomic E-state index is 0.501. The van der Waals surface area contributed by atoms with Crippen molar-refractivity contribution in [2.75, 3.05) is 5.73 Å². The highest BCUT2D eigenvalue weighted by Gasteiger charge is 2.05. The van der Waals surface area contributed by atoms with Crippen LogP contribution in [0.1, 0.15) is 11.3 Å². The molecule has 1 aromatic heterocycles. The molecule has 3 aromatic rings. The van der Waals surface area contributed by atoms with E-state index in [2.05, 4.69) is 11.1 Å². The van der Waals surface area contributed by atoms with E-state index >= 15 is 0 Å². The molecule has 2 aromatic carbocycles. The summed E-state index contributed by atoms with van der Waals surface area (Å²) in [6.07, 6.45) is 1.86. The van der Waals surface area contributed by atoms with Crippen LogP contribution in [0.3, 0.4) is 0 Å². The van der Waals surface area contributed by atoms with E-state index in [-0.39, 0.29) is 0 Å². The highest BCUT2D eigenvalue weighted by molar-refractivity contribution is 5.69. The van der Waals surface area contributed by atoms with Gasteiger partial charge in [-0.2, -0.15) is 0 Å². The Kier molecular flexibility index (Phi) is 4.05. The number of anilines is 1. The fraction of sp³-hybridized carbons (Fsp3) is 0.105. The maximum absolute atomic E-state index is 6.02. The quantitative estimate of drug-likeness (QED) is 0.732. The second kappa shape index (κ2) is 6.31. The Morgan fingerprint density at radius 1 is 0.955 bits per heavy atom. The van der Waals surface area contributed by atoms with Gasteiger partial charge in [-0.1, -0.05) is 42.5 Å². The Morgan fingerprint density at radius 2 is 1.73 bits per heavy atom. The van der Waals surface area contributed by atoms with Crippen molar-refractivity contribution in [2.24, 2.45) is 0 Å². The molecule has 0 saturated carbocycles. The normalized spacial score (nSPS) is 10.4. The maximum Gasteiger partial charge on any atom is 0.143 e. The fourth-order valence-electron chi connectivity index (χ4n) is 2.21. The third-order valence-corrected chi connectivity index (χ3v) is 3.50. The van der Waals surface area contributed by atoms with Gasteiger partial charge in [-0.25, -0.2) is 0 Å². The largest absolute Gasteiger partial charge is 0.487 e. The Morgan fingerprint density at radius 3 is 2.45 bits per heavy atom. The van der Waals surface area contributed by atoms with Gasteiger partial charge in [0.05, 0.1) is 5.69 Å². The zero-order chi connectivity index (χ0) is 15.4. The minimum absolute atomic E-state index is 0.501. The monoisotopic (exact) mass is 290 g/mol. The molecule has 3 rings (SSSR count). The van der Waals surface area contributed by atoms with E-state index in [9.17, 15) is 0 Å². The van der Waals surface area contributed by atoms with Crippen molar-refractivity contribution in [3.63, 3.8) is 0 Å². The van der Waals surface area contributed by atoms with Crippen molar-refractivity contribution in [1.29, 1.82) is 0 Å². The van der Waals surface area contributed by atoms with E-state index in [0.29, 0.717) is 18.0 Å². The number of hydrogen-bond donors (Lipinski definition) is 1. The summed E-state index contributed by atoms with van der Waals surface area (Å²) in [7, 11) is 0. The number of benzene rings is 2. The van der Waals surface area contributed by atoms with Gasteiger partial charge in [0.15, 0.2) is 0 Å². The number of nitrogens with two attached hydrogens (primary N) is 1. The summed E-state index contributed by atoms with van der Waals surface area (Å²) in [5.74, 6) is 0.696. The number of aryl methyl sites for hydroxylation is 1. The molecule has 0 amide bonds. The second-order valence-corrected chi connectivity index (χ2v) is 5.22. The van der Waals surface area contributed by atoms with Crippen molar-refractivity contribution in [3.8, 4) is 16.9 Å². The van der Waals surface area contributed by atoms with Gasteiger partial charge in [-0.15, -0.1) is 0 Å². The third-order valence-electron chi connectivity index (χ3n) is 3.50. The Bertz CT molecular complexity index is 752. The van der Waals surface area contributed by atoms with Crippen molar-refractivity contribution in [3.05, 3.63) is 78.1 Å². The molecule has 0 radical (unpaired) electrons. The van der Waals surface area contributed by atoms with Crippen molar-refractivity contribution in [1.82, 2.24) is 4.98 Å². The number of hydrogen-bond acceptors (Lipinski definition) is 3. The lowest BCUT2D eigenvalue weighted by molar-refractivity contribution is 0.308. The van der Waals surface area contributed by atoms with E-state index < -0.39 is 0 Å². The maximum atomic E-state index is 6.02. The number of nitrogens with zero attached hydrogens (tertiary/aromatic N) is 1. The van der Waals surface area contributed by atoms with Crippen LogP contribution < -0.4 is 10.5 Å². The smallest absolute Gasteiger partial charge is 0.143 e. The van der Waals surface area contributed by atoms with Crippen LogP contribution in [0.5, 0.6) is 5.75 Å². The summed E-state index contributed by atoms with van der Waals surface area (Å²) in [6, 6.07) is 19.9. The number of aromatic nitrogens is 1. The SMILES string of the molecule is Cc1ccc(-c2ccc(N)c(OCc3ccccc3)c2)cn1. The molecule has 3 heteroatoms. The molecule has 0 atom stereocenters. The molecule has 0 aliphatic heterocycles. The second-order valence-electron chi connectivity index (χ2n) is 5.22. The van der Waals surface area contributed by atoms with Crippen molar-refractivity contribution < 1.29 is 4.74 Å². The first-order valence-electron chi connectivity index (χ1n) is 7.21. The summed E-state index contributed by atoms with van der Waals surface area (Å²) < 4.78 is 5.86. The standard InChI is InChI=1S/C19H18N2O/c1-14-7-8-17(12-21-14)16-9-10-18(20)19(11-16)22-13-15-5-3-2-4-6-15/h2-12H,13,20H2,1H3. The van der Waals surface area contributed by atoms with Crippen LogP contribution in [-0.2, 0) is 6.61 Å². The fourth-order valence-corrected chi connectivity index (χ4v) is 2.21. The summed E-state index contributed by atoms with van der Waals surface area (Å²) in [6.45, 7) is 2.47. The molecule has 0 bridgehead atoms. The molecular formula is C19H18N2O. The first kappa shape index (κ1) is 14.1. The van der Waals surface area contributed by atoms with E-state index in [4.69, 9.17) is 10.5 Å². The molecule has 3 nitrogen and oxygen atoms in total. The summed E-state index contributed by atoms with van der Waals surface area (Å²) in [5, 5.41) is 0. The van der Waals surface area contributed by atoms with Gasteiger partial charge >= 0.3 is 0 Å². The molecule has 22 heavy (non-hydrogen) atoms. The van der Waals surface area contributed by atoms with Gasteiger partial charge in [0.1, 0.15) is 12.4 Å². The average molecular weight is 290 g/mol. The predicted octanol–water partition coefficient (Wildman–Crippen LogP) is 4.22. The van der Waals surface area contributed by atoms with Gasteiger partial charge < -0.3 is 10.5 Å². The molecular weight excluding hydrogens is 272 g/mol. The van der Waals surface area contributed by atoms with Crippen LogP contribution in [0, 0.1) is 6.92 Å². The van der Waals surface area contributed by atoms with Crippen LogP contribution >= 0.6 is 0 Å². The van der Waals surface area contributed by atoms with Crippen LogP contribution in [-0.4, -0.2) is 4.98 Å². The lowest BCUT2D eigenvalue weighted by atomic mass is 10.1. The van der Waals surface area contributed by atoms with Gasteiger partial charge in [0.2, 0.25) is 0 Å². The number of ether oxygens (including phenoxy) is 1. The Hall–Kier alpha value is -2.81. The predicted molar refractivity (Wildman–Crippen MR) is 89.6 cm³/mol. The molecule has 110 valence electrons. The van der Waals surface area contributed by atoms with Gasteiger partial charge in [-0.3, -0.25) is 4.98 Å². The van der Waals surface area contributed by atoms with E-state index in [0.717, 1.165) is 22.4 Å². The molecule has 0 spiro atoms. The number of rotatable bonds is 4. The van der Waals surface area contributed by atoms with Gasteiger partial charge in [0.25, 0.3) is 0 Å². The topological polar surface area (TPSA) is 48.1 Å². The Labute approximate surface area is 130 Å². The highest BCUT2D eigenvalue weighted by Crippen LogP contribution is 2.29. The van der Waals surface area contributed by atoms with Crippen molar-refractivity contribution >= 4 is 5.69 Å². The van der Waals surface area contributed by atoms with Crippen molar-refractivity contribution in [2.45, 2.75) is 13.5 Å². The summed E-state index contributed by atoms with van der Waals surface area (Å²) >= 11 is 0. The first-order chi connectivity index (χ1) is 10.7. The lowest BCUT2D eigenvalue weighted by Gasteiger charge is -2.11. The van der Waals surface area contributed by atoms with E-state index in [1.165, 1.54) is 0 Å². The zero-order valence-electron chi connectivity index (χ0n) is 12.5. The van der Waals surface area contributed by atoms with Gasteiger partial charge in [0, 0.05) is 17.5 Å². The molecule has 0 aliphatic carbocycles. The van der Waals surface area contributed by atoms with Crippen LogP contribution in [0.4, 0.5) is 5.69 Å². The summed E-state index contributed by atoms with van der Waals surface area (Å²) in [5.41, 5.74) is 10.9. The molecule has 2 N–H and O–H groups in total. The molecule has 0 saturated heterocycles. The average Bonchev–Trinajstić information content (AvgIpc) is 2.56. The first-order valence-corrected chi connectivity index (χ1v) is 7.21. The number of pyridine rings is 1. The van der Waals surface area contributed by atoms with Gasteiger partial charge in [-0.05, 0) is 36.2 Å². The Balaban J connectivity index is 1.82. The molecule has 0 fully saturated rings. The summed E-state index contributed by atoms with van der Waals surface area (Å²) in [4.78, 5) is 4.33. The molecule has 0 aliphatic rings. The number of nitrogen functional groups attached to an aromatic ring is 1. The van der Waals surface area contributed by atoms with Crippen LogP contribution in [0.25, 0.3) is 11.1 Å².